The van der Waals surface area contributed by atoms with Crippen molar-refractivity contribution >= 4 is 76.7 Å². The van der Waals surface area contributed by atoms with Crippen molar-refractivity contribution in [2.24, 2.45) is 0 Å². The van der Waals surface area contributed by atoms with Crippen LogP contribution in [0.5, 0.6) is 0 Å². The van der Waals surface area contributed by atoms with E-state index in [0.29, 0.717) is 0 Å². The number of hydrogen-bond acceptors (Lipinski definition) is 3. The van der Waals surface area contributed by atoms with Crippen molar-refractivity contribution in [1.29, 1.82) is 0 Å². The van der Waals surface area contributed by atoms with Gasteiger partial charge >= 0.3 is 76.7 Å². The van der Waals surface area contributed by atoms with Crippen LogP contribution in [0.2, 0.25) is 0 Å². The Morgan fingerprint density at radius 3 is 1.17 bits per heavy atom. The third-order valence-electron chi connectivity index (χ3n) is 0.250. The summed E-state index contributed by atoms with van der Waals surface area (Å²) in [5.41, 5.74) is 0. The summed E-state index contributed by atoms with van der Waals surface area (Å²) in [4.78, 5) is 0. The molecule has 0 unspecified atom stereocenters. The second-order valence-electron chi connectivity index (χ2n) is 0.556. The minimum atomic E-state index is 0.0972. The van der Waals surface area contributed by atoms with Crippen molar-refractivity contribution in [3.8, 4) is 0 Å². The summed E-state index contributed by atoms with van der Waals surface area (Å²) < 4.78 is 0. The average Bonchev–Trinajstić information content (AvgIpc) is 1.72. The van der Waals surface area contributed by atoms with Crippen LogP contribution in [0, 0.1) is 0 Å². The van der Waals surface area contributed by atoms with Gasteiger partial charge in [0.2, 0.25) is 0 Å². The van der Waals surface area contributed by atoms with Gasteiger partial charge in [0.25, 0.3) is 0 Å². The van der Waals surface area contributed by atoms with E-state index in [4.69, 9.17) is 0 Å². The van der Waals surface area contributed by atoms with Gasteiger partial charge in [-0.05, 0) is 0 Å². The van der Waals surface area contributed by atoms with Crippen LogP contribution in [-0.2, 0) is 0 Å². The van der Waals surface area contributed by atoms with Gasteiger partial charge in [-0.3, -0.25) is 0 Å². The van der Waals surface area contributed by atoms with Gasteiger partial charge in [-0.25, -0.2) is 0 Å². The maximum atomic E-state index is 2.46. The Morgan fingerprint density at radius 1 is 0.667 bits per heavy atom. The van der Waals surface area contributed by atoms with E-state index in [0.717, 1.165) is 0 Å². The topological polar surface area (TPSA) is 0 Å². The van der Waals surface area contributed by atoms with Gasteiger partial charge in [0.15, 0.2) is 0 Å². The Bertz CT molecular complexity index is 21.5. The van der Waals surface area contributed by atoms with E-state index in [2.05, 4.69) is 15.8 Å². The van der Waals surface area contributed by atoms with E-state index in [1.165, 1.54) is 0 Å². The molecule has 1 aliphatic rings. The Labute approximate surface area is 74.3 Å². The molecule has 1 aliphatic heterocycles. The molecule has 0 nitrogen and oxygen atoms in total. The summed E-state index contributed by atoms with van der Waals surface area (Å²) in [6, 6.07) is 0. The molecule has 0 amide bonds. The van der Waals surface area contributed by atoms with Crippen molar-refractivity contribution in [3.63, 3.8) is 0 Å². The summed E-state index contributed by atoms with van der Waals surface area (Å²) in [5.74, 6) is 0. The number of rotatable bonds is 0. The Kier molecular flexibility index (Phi) is 7.13. The van der Waals surface area contributed by atoms with Crippen LogP contribution in [0.25, 0.3) is 0 Å². The fraction of sp³-hybridized carbons (Fsp3) is 0. The van der Waals surface area contributed by atoms with E-state index in [1.54, 1.807) is 0 Å². The molecule has 6 heteroatoms. The molecule has 1 rings (SSSR count). The zero-order chi connectivity index (χ0) is 4.24. The van der Waals surface area contributed by atoms with Crippen LogP contribution in [0.4, 0.5) is 0 Å². The zero-order valence-corrected chi connectivity index (χ0v) is 16.8. The fourth-order valence-corrected chi connectivity index (χ4v) is 486. The van der Waals surface area contributed by atoms with Gasteiger partial charge in [-0.1, -0.05) is 0 Å². The molecule has 0 aromatic heterocycles. The summed E-state index contributed by atoms with van der Waals surface area (Å²) >= 11 is 0.292. The minimum absolute atomic E-state index is 0.0972. The van der Waals surface area contributed by atoms with E-state index in [-0.39, 0.29) is 60.9 Å². The van der Waals surface area contributed by atoms with Gasteiger partial charge in [0.1, 0.15) is 0 Å². The molecule has 0 N–H and O–H groups in total. The molecular formula is H3Bi3S3. The van der Waals surface area contributed by atoms with Gasteiger partial charge in [0, 0.05) is 0 Å². The molecule has 36 valence electrons. The van der Waals surface area contributed by atoms with Crippen LogP contribution in [0.3, 0.4) is 0 Å². The molecule has 0 bridgehead atoms. The summed E-state index contributed by atoms with van der Waals surface area (Å²) in [7, 11) is 0. The first-order valence-electron chi connectivity index (χ1n) is 1.22. The van der Waals surface area contributed by atoms with Crippen molar-refractivity contribution < 1.29 is 0 Å². The van der Waals surface area contributed by atoms with Crippen LogP contribution in [0.15, 0.2) is 0 Å². The van der Waals surface area contributed by atoms with Gasteiger partial charge < -0.3 is 0 Å². The van der Waals surface area contributed by atoms with Gasteiger partial charge in [0.05, 0.1) is 0 Å². The summed E-state index contributed by atoms with van der Waals surface area (Å²) in [6.45, 7) is 0. The molecule has 0 aromatic rings. The predicted molar refractivity (Wildman–Crippen MR) is 44.2 cm³/mol. The van der Waals surface area contributed by atoms with Crippen LogP contribution < -0.4 is 0 Å². The summed E-state index contributed by atoms with van der Waals surface area (Å²) in [6.07, 6.45) is 0. The molecule has 0 radical (unpaired) electrons. The number of hydrogen-bond donors (Lipinski definition) is 0. The standard InChI is InChI=1S/3Bi.3S.3H. The molecule has 1 fully saturated rings. The first-order chi connectivity index (χ1) is 3.00. The molecule has 1 heterocycles. The van der Waals surface area contributed by atoms with Crippen LogP contribution >= 0.6 is 15.8 Å². The molecule has 0 atom stereocenters. The van der Waals surface area contributed by atoms with E-state index >= 15 is 0 Å². The van der Waals surface area contributed by atoms with Crippen LogP contribution in [-0.4, -0.2) is 60.9 Å². The van der Waals surface area contributed by atoms with Crippen molar-refractivity contribution in [2.75, 3.05) is 0 Å². The van der Waals surface area contributed by atoms with Gasteiger partial charge in [-0.2, -0.15) is 0 Å². The second-order valence-corrected chi connectivity index (χ2v) is 90.5. The zero-order valence-electron chi connectivity index (χ0n) is 2.72. The van der Waals surface area contributed by atoms with E-state index < -0.39 is 0 Å². The molecule has 0 spiro atoms. The van der Waals surface area contributed by atoms with Crippen molar-refractivity contribution in [3.05, 3.63) is 0 Å². The molecule has 0 saturated carbocycles. The molecular weight excluding hydrogens is 723 g/mol. The normalized spacial score (nSPS) is 24.0. The first-order valence-corrected chi connectivity index (χ1v) is 32.2. The van der Waals surface area contributed by atoms with Crippen LogP contribution in [0.1, 0.15) is 0 Å². The Hall–Kier alpha value is 3.70. The Morgan fingerprint density at radius 2 is 1.00 bits per heavy atom. The monoisotopic (exact) mass is 726 g/mol. The fourth-order valence-electron chi connectivity index (χ4n) is 0.114. The van der Waals surface area contributed by atoms with Crippen molar-refractivity contribution in [1.82, 2.24) is 0 Å². The third-order valence-corrected chi connectivity index (χ3v) is 173. The third kappa shape index (κ3) is 3.67. The molecule has 0 aliphatic carbocycles. The quantitative estimate of drug-likeness (QED) is 0.323. The SMILES string of the molecule is [S]1[BiH][S][BiH][S][BiH]1. The maximum absolute atomic E-state index is 2.46. The summed E-state index contributed by atoms with van der Waals surface area (Å²) in [5, 5.41) is 7.37. The average molecular weight is 726 g/mol. The molecule has 0 aromatic carbocycles. The Balaban J connectivity index is 2.00. The molecule has 6 heavy (non-hydrogen) atoms. The van der Waals surface area contributed by atoms with Crippen molar-refractivity contribution in [2.45, 2.75) is 0 Å². The molecule has 1 saturated heterocycles. The predicted octanol–water partition coefficient (Wildman–Crippen LogP) is -0.000900. The van der Waals surface area contributed by atoms with Gasteiger partial charge in [-0.15, -0.1) is 0 Å². The first kappa shape index (κ1) is 7.80. The van der Waals surface area contributed by atoms with E-state index in [1.807, 2.05) is 0 Å². The van der Waals surface area contributed by atoms with E-state index in [9.17, 15) is 0 Å². The second kappa shape index (κ2) is 5.48.